The van der Waals surface area contributed by atoms with Crippen LogP contribution in [0.5, 0.6) is 0 Å². The van der Waals surface area contributed by atoms with Crippen LogP contribution in [0.15, 0.2) is 225 Å². The molecule has 62 heavy (non-hydrogen) atoms. The summed E-state index contributed by atoms with van der Waals surface area (Å²) in [5, 5.41) is 12.4. The van der Waals surface area contributed by atoms with E-state index in [9.17, 15) is 0 Å². The Labute approximate surface area is 359 Å². The third-order valence-corrected chi connectivity index (χ3v) is 12.3. The molecule has 3 heteroatoms. The maximum absolute atomic E-state index is 5.24. The van der Waals surface area contributed by atoms with Crippen molar-refractivity contribution in [1.29, 1.82) is 0 Å². The molecule has 0 N–H and O–H groups in total. The maximum atomic E-state index is 5.24. The topological polar surface area (TPSA) is 38.7 Å². The van der Waals surface area contributed by atoms with Crippen LogP contribution >= 0.6 is 0 Å². The molecule has 0 aliphatic carbocycles. The zero-order valence-corrected chi connectivity index (χ0v) is 33.7. The highest BCUT2D eigenvalue weighted by Gasteiger charge is 2.18. The highest BCUT2D eigenvalue weighted by molar-refractivity contribution is 6.26. The molecular formula is C59H37N3. The molecule has 288 valence electrons. The van der Waals surface area contributed by atoms with Crippen LogP contribution in [0.1, 0.15) is 0 Å². The van der Waals surface area contributed by atoms with E-state index in [1.165, 1.54) is 70.6 Å². The van der Waals surface area contributed by atoms with Gasteiger partial charge in [0.05, 0.1) is 17.1 Å². The van der Waals surface area contributed by atoms with E-state index >= 15 is 0 Å². The second kappa shape index (κ2) is 14.8. The molecule has 0 bridgehead atoms. The summed E-state index contributed by atoms with van der Waals surface area (Å²) < 4.78 is 0. The smallest absolute Gasteiger partial charge is 0.160 e. The van der Waals surface area contributed by atoms with E-state index in [4.69, 9.17) is 9.97 Å². The van der Waals surface area contributed by atoms with E-state index in [0.29, 0.717) is 5.82 Å². The highest BCUT2D eigenvalue weighted by Crippen LogP contribution is 2.45. The molecule has 0 unspecified atom stereocenters. The zero-order chi connectivity index (χ0) is 41.0. The molecule has 0 spiro atoms. The minimum absolute atomic E-state index is 0.680. The zero-order valence-electron chi connectivity index (χ0n) is 33.7. The Hall–Kier alpha value is -8.27. The molecule has 0 fully saturated rings. The van der Waals surface area contributed by atoms with Gasteiger partial charge in [0.15, 0.2) is 5.82 Å². The minimum Gasteiger partial charge on any atom is -0.256 e. The number of fused-ring (bicyclic) bond motifs is 8. The lowest BCUT2D eigenvalue weighted by Crippen LogP contribution is -1.96. The Bertz CT molecular complexity index is 3670. The van der Waals surface area contributed by atoms with Gasteiger partial charge in [-0.2, -0.15) is 0 Å². The first-order valence-corrected chi connectivity index (χ1v) is 21.1. The van der Waals surface area contributed by atoms with Crippen LogP contribution < -0.4 is 0 Å². The SMILES string of the molecule is c1ccc(-c2cc(-c3ccc(-c4ccccn4)cc3)nc(-c3cccc(-c4cc5c6ccccc6c(-c6cc7ccccc7c7ccccc67)cc5c5ccccc45)c3)n2)cc1. The number of nitrogens with zero attached hydrogens (tertiary/aromatic N) is 3. The summed E-state index contributed by atoms with van der Waals surface area (Å²) in [6, 6.07) is 78.2. The summed E-state index contributed by atoms with van der Waals surface area (Å²) in [4.78, 5) is 15.0. The first kappa shape index (κ1) is 35.7. The molecule has 2 aromatic heterocycles. The van der Waals surface area contributed by atoms with Crippen LogP contribution in [-0.4, -0.2) is 15.0 Å². The van der Waals surface area contributed by atoms with E-state index < -0.39 is 0 Å². The van der Waals surface area contributed by atoms with Gasteiger partial charge in [-0.25, -0.2) is 9.97 Å². The number of aromatic nitrogens is 3. The van der Waals surface area contributed by atoms with Crippen molar-refractivity contribution in [2.24, 2.45) is 0 Å². The largest absolute Gasteiger partial charge is 0.256 e. The minimum atomic E-state index is 0.680. The van der Waals surface area contributed by atoms with Gasteiger partial charge in [0, 0.05) is 28.5 Å². The fourth-order valence-electron chi connectivity index (χ4n) is 9.34. The Kier molecular flexibility index (Phi) is 8.50. The van der Waals surface area contributed by atoms with E-state index in [2.05, 4.69) is 199 Å². The van der Waals surface area contributed by atoms with Gasteiger partial charge in [0.1, 0.15) is 0 Å². The van der Waals surface area contributed by atoms with Gasteiger partial charge in [-0.1, -0.05) is 176 Å². The normalized spacial score (nSPS) is 11.5. The molecule has 0 aliphatic heterocycles. The van der Waals surface area contributed by atoms with Gasteiger partial charge >= 0.3 is 0 Å². The van der Waals surface area contributed by atoms with Crippen LogP contribution in [0.3, 0.4) is 0 Å². The lowest BCUT2D eigenvalue weighted by molar-refractivity contribution is 1.18. The number of rotatable bonds is 6. The standard InChI is InChI=1S/C59H37N3/c1-2-15-38(16-3-1)57-37-58(40-30-28-39(29-31-40)56-27-12-13-32-60-56)62-59(61-57)43-19-14-18-41(33-43)51-35-53-49-25-10-11-26-50(49)54(36-55(53)48-24-9-7-22-46(48)51)52-34-42-17-4-5-20-44(42)45-21-6-8-23-47(45)52/h1-37H. The predicted octanol–water partition coefficient (Wildman–Crippen LogP) is 15.6. The maximum Gasteiger partial charge on any atom is 0.160 e. The van der Waals surface area contributed by atoms with Crippen molar-refractivity contribution in [3.05, 3.63) is 225 Å². The third kappa shape index (κ3) is 6.10. The van der Waals surface area contributed by atoms with E-state index in [0.717, 1.165) is 44.9 Å². The second-order valence-corrected chi connectivity index (χ2v) is 15.9. The molecule has 10 aromatic carbocycles. The van der Waals surface area contributed by atoms with Crippen LogP contribution in [0.25, 0.3) is 121 Å². The molecule has 12 aromatic rings. The van der Waals surface area contributed by atoms with Crippen LogP contribution in [0.2, 0.25) is 0 Å². The Morgan fingerprint density at radius 2 is 0.710 bits per heavy atom. The number of hydrogen-bond donors (Lipinski definition) is 0. The quantitative estimate of drug-likeness (QED) is 0.158. The van der Waals surface area contributed by atoms with E-state index in [1.54, 1.807) is 0 Å². The Morgan fingerprint density at radius 3 is 1.35 bits per heavy atom. The van der Waals surface area contributed by atoms with Gasteiger partial charge < -0.3 is 0 Å². The van der Waals surface area contributed by atoms with Crippen molar-refractivity contribution in [1.82, 2.24) is 15.0 Å². The lowest BCUT2D eigenvalue weighted by atomic mass is 9.86. The summed E-state index contributed by atoms with van der Waals surface area (Å²) in [5.41, 5.74) is 11.6. The van der Waals surface area contributed by atoms with Crippen LogP contribution in [0, 0.1) is 0 Å². The summed E-state index contributed by atoms with van der Waals surface area (Å²) in [6.45, 7) is 0. The van der Waals surface area contributed by atoms with Gasteiger partial charge in [-0.05, 0) is 119 Å². The molecule has 0 aliphatic rings. The van der Waals surface area contributed by atoms with Crippen molar-refractivity contribution in [3.63, 3.8) is 0 Å². The first-order valence-electron chi connectivity index (χ1n) is 21.1. The predicted molar refractivity (Wildman–Crippen MR) is 260 cm³/mol. The molecular weight excluding hydrogens is 751 g/mol. The van der Waals surface area contributed by atoms with Crippen LogP contribution in [-0.2, 0) is 0 Å². The number of hydrogen-bond acceptors (Lipinski definition) is 3. The van der Waals surface area contributed by atoms with Gasteiger partial charge in [0.2, 0.25) is 0 Å². The molecule has 0 atom stereocenters. The van der Waals surface area contributed by atoms with Gasteiger partial charge in [-0.3, -0.25) is 4.98 Å². The fraction of sp³-hybridized carbons (Fsp3) is 0. The lowest BCUT2D eigenvalue weighted by Gasteiger charge is -2.18. The molecule has 2 heterocycles. The average Bonchev–Trinajstić information content (AvgIpc) is 3.36. The van der Waals surface area contributed by atoms with Gasteiger partial charge in [0.25, 0.3) is 0 Å². The highest BCUT2D eigenvalue weighted by atomic mass is 14.9. The van der Waals surface area contributed by atoms with Crippen molar-refractivity contribution in [2.45, 2.75) is 0 Å². The van der Waals surface area contributed by atoms with E-state index in [-0.39, 0.29) is 0 Å². The average molecular weight is 788 g/mol. The van der Waals surface area contributed by atoms with Crippen molar-refractivity contribution in [3.8, 4) is 67.4 Å². The molecule has 3 nitrogen and oxygen atoms in total. The molecule has 12 rings (SSSR count). The molecule has 0 saturated carbocycles. The molecule has 0 saturated heterocycles. The van der Waals surface area contributed by atoms with Crippen molar-refractivity contribution in [2.75, 3.05) is 0 Å². The molecule has 0 amide bonds. The second-order valence-electron chi connectivity index (χ2n) is 15.9. The third-order valence-electron chi connectivity index (χ3n) is 12.3. The van der Waals surface area contributed by atoms with Crippen LogP contribution in [0.4, 0.5) is 0 Å². The molecule has 0 radical (unpaired) electrons. The summed E-state index contributed by atoms with van der Waals surface area (Å²) in [5.74, 6) is 0.680. The fourth-order valence-corrected chi connectivity index (χ4v) is 9.34. The monoisotopic (exact) mass is 787 g/mol. The Balaban J connectivity index is 1.03. The summed E-state index contributed by atoms with van der Waals surface area (Å²) in [6.07, 6.45) is 1.83. The number of pyridine rings is 1. The van der Waals surface area contributed by atoms with E-state index in [1.807, 2.05) is 30.5 Å². The van der Waals surface area contributed by atoms with Crippen molar-refractivity contribution < 1.29 is 0 Å². The first-order chi connectivity index (χ1) is 30.7. The Morgan fingerprint density at radius 1 is 0.242 bits per heavy atom. The summed E-state index contributed by atoms with van der Waals surface area (Å²) in [7, 11) is 0. The summed E-state index contributed by atoms with van der Waals surface area (Å²) >= 11 is 0. The number of benzene rings is 10. The van der Waals surface area contributed by atoms with Gasteiger partial charge in [-0.15, -0.1) is 0 Å². The van der Waals surface area contributed by atoms with Crippen molar-refractivity contribution >= 4 is 53.9 Å².